The summed E-state index contributed by atoms with van der Waals surface area (Å²) in [5, 5.41) is 9.03. The summed E-state index contributed by atoms with van der Waals surface area (Å²) in [7, 11) is 0. The van der Waals surface area contributed by atoms with Crippen molar-refractivity contribution in [1.82, 2.24) is 0 Å². The van der Waals surface area contributed by atoms with E-state index >= 15 is 0 Å². The fraction of sp³-hybridized carbons (Fsp3) is 0.889. The first-order valence-corrected chi connectivity index (χ1v) is 8.22. The fourth-order valence-electron chi connectivity index (χ4n) is 5.10. The van der Waals surface area contributed by atoms with Crippen molar-refractivity contribution in [1.29, 1.82) is 0 Å². The van der Waals surface area contributed by atoms with Crippen molar-refractivity contribution in [2.45, 2.75) is 79.1 Å². The Morgan fingerprint density at radius 2 is 1.89 bits per heavy atom. The molecular weight excluding hydrogens is 232 g/mol. The molecule has 1 unspecified atom stereocenters. The molecule has 0 aromatic heterocycles. The lowest BCUT2D eigenvalue weighted by Crippen LogP contribution is -2.45. The smallest absolute Gasteiger partial charge is 0.0431 e. The molecule has 2 atom stereocenters. The molecule has 0 aromatic carbocycles. The van der Waals surface area contributed by atoms with Gasteiger partial charge in [-0.25, -0.2) is 0 Å². The maximum absolute atomic E-state index is 9.03. The van der Waals surface area contributed by atoms with Gasteiger partial charge in [-0.05, 0) is 68.6 Å². The largest absolute Gasteiger partial charge is 0.396 e. The predicted octanol–water partition coefficient (Wildman–Crippen LogP) is 5.09. The van der Waals surface area contributed by atoms with Gasteiger partial charge in [-0.1, -0.05) is 38.3 Å². The van der Waals surface area contributed by atoms with E-state index in [1.54, 1.807) is 11.1 Å². The van der Waals surface area contributed by atoms with Crippen molar-refractivity contribution in [2.24, 2.45) is 16.7 Å². The van der Waals surface area contributed by atoms with Crippen LogP contribution in [0.3, 0.4) is 0 Å². The van der Waals surface area contributed by atoms with Crippen molar-refractivity contribution in [3.63, 3.8) is 0 Å². The third kappa shape index (κ3) is 2.77. The zero-order chi connectivity index (χ0) is 14.1. The van der Waals surface area contributed by atoms with Crippen molar-refractivity contribution < 1.29 is 5.11 Å². The predicted molar refractivity (Wildman–Crippen MR) is 82.1 cm³/mol. The Bertz CT molecular complexity index is 353. The summed E-state index contributed by atoms with van der Waals surface area (Å²) in [6.45, 7) is 10.2. The molecule has 1 heteroatoms. The zero-order valence-electron chi connectivity index (χ0n) is 13.4. The van der Waals surface area contributed by atoms with E-state index in [0.717, 1.165) is 18.8 Å². The summed E-state index contributed by atoms with van der Waals surface area (Å²) in [5.41, 5.74) is 4.37. The Labute approximate surface area is 119 Å². The number of fused-ring (bicyclic) bond motifs is 1. The lowest BCUT2D eigenvalue weighted by molar-refractivity contribution is 0.0101. The number of rotatable bonds is 4. The zero-order valence-corrected chi connectivity index (χ0v) is 13.4. The summed E-state index contributed by atoms with van der Waals surface area (Å²) in [5.74, 6) is 0.863. The van der Waals surface area contributed by atoms with Crippen molar-refractivity contribution >= 4 is 0 Å². The Kier molecular flexibility index (Phi) is 4.45. The summed E-state index contributed by atoms with van der Waals surface area (Å²) in [4.78, 5) is 0. The molecule has 1 saturated carbocycles. The average Bonchev–Trinajstić information content (AvgIpc) is 2.31. The van der Waals surface area contributed by atoms with E-state index in [-0.39, 0.29) is 0 Å². The van der Waals surface area contributed by atoms with Crippen LogP contribution in [0.2, 0.25) is 0 Å². The van der Waals surface area contributed by atoms with Crippen LogP contribution in [-0.4, -0.2) is 11.7 Å². The summed E-state index contributed by atoms with van der Waals surface area (Å²) < 4.78 is 0. The molecule has 2 aliphatic rings. The lowest BCUT2D eigenvalue weighted by atomic mass is 9.50. The minimum Gasteiger partial charge on any atom is -0.396 e. The number of aliphatic hydroxyl groups is 1. The SMILES string of the molecule is CC1=C(CCCCO)[C@@]2(C)CCCC(C)(C)C2CC1. The van der Waals surface area contributed by atoms with Crippen LogP contribution < -0.4 is 0 Å². The van der Waals surface area contributed by atoms with Crippen LogP contribution in [0.25, 0.3) is 0 Å². The second-order valence-corrected chi connectivity index (χ2v) is 7.79. The van der Waals surface area contributed by atoms with Crippen LogP contribution in [0, 0.1) is 16.7 Å². The molecule has 0 aromatic rings. The summed E-state index contributed by atoms with van der Waals surface area (Å²) in [6, 6.07) is 0. The molecule has 2 aliphatic carbocycles. The van der Waals surface area contributed by atoms with E-state index in [1.807, 2.05) is 0 Å². The first-order chi connectivity index (χ1) is 8.92. The Hall–Kier alpha value is -0.300. The lowest BCUT2D eigenvalue weighted by Gasteiger charge is -2.55. The van der Waals surface area contributed by atoms with E-state index < -0.39 is 0 Å². The number of allylic oxidation sites excluding steroid dienone is 2. The van der Waals surface area contributed by atoms with Gasteiger partial charge in [-0.3, -0.25) is 0 Å². The van der Waals surface area contributed by atoms with E-state index in [0.29, 0.717) is 17.4 Å². The molecule has 0 saturated heterocycles. The minimum atomic E-state index is 0.345. The van der Waals surface area contributed by atoms with Crippen LogP contribution in [0.4, 0.5) is 0 Å². The van der Waals surface area contributed by atoms with E-state index in [1.165, 1.54) is 38.5 Å². The van der Waals surface area contributed by atoms with Crippen LogP contribution in [-0.2, 0) is 0 Å². The number of hydrogen-bond acceptors (Lipinski definition) is 1. The maximum Gasteiger partial charge on any atom is 0.0431 e. The van der Waals surface area contributed by atoms with Crippen molar-refractivity contribution in [3.05, 3.63) is 11.1 Å². The van der Waals surface area contributed by atoms with Gasteiger partial charge in [-0.2, -0.15) is 0 Å². The fourth-order valence-corrected chi connectivity index (χ4v) is 5.10. The number of unbranched alkanes of at least 4 members (excludes halogenated alkanes) is 1. The van der Waals surface area contributed by atoms with Crippen LogP contribution >= 0.6 is 0 Å². The average molecular weight is 264 g/mol. The first kappa shape index (κ1) is 15.1. The number of hydrogen-bond donors (Lipinski definition) is 1. The van der Waals surface area contributed by atoms with Gasteiger partial charge in [0.2, 0.25) is 0 Å². The van der Waals surface area contributed by atoms with Crippen molar-refractivity contribution in [2.75, 3.05) is 6.61 Å². The van der Waals surface area contributed by atoms with Gasteiger partial charge in [0.05, 0.1) is 0 Å². The van der Waals surface area contributed by atoms with Crippen LogP contribution in [0.5, 0.6) is 0 Å². The van der Waals surface area contributed by atoms with E-state index in [2.05, 4.69) is 27.7 Å². The molecule has 1 nitrogen and oxygen atoms in total. The summed E-state index contributed by atoms with van der Waals surface area (Å²) in [6.07, 6.45) is 10.2. The molecule has 0 bridgehead atoms. The van der Waals surface area contributed by atoms with Crippen LogP contribution in [0.15, 0.2) is 11.1 Å². The highest BCUT2D eigenvalue weighted by atomic mass is 16.2. The highest BCUT2D eigenvalue weighted by molar-refractivity contribution is 5.27. The molecule has 19 heavy (non-hydrogen) atoms. The molecule has 1 fully saturated rings. The highest BCUT2D eigenvalue weighted by Crippen LogP contribution is 2.60. The maximum atomic E-state index is 9.03. The third-order valence-corrected chi connectivity index (χ3v) is 6.08. The monoisotopic (exact) mass is 264 g/mol. The van der Waals surface area contributed by atoms with Gasteiger partial charge in [0.1, 0.15) is 0 Å². The molecule has 2 rings (SSSR count). The van der Waals surface area contributed by atoms with Gasteiger partial charge in [-0.15, -0.1) is 0 Å². The van der Waals surface area contributed by atoms with Gasteiger partial charge >= 0.3 is 0 Å². The normalized spacial score (nSPS) is 34.3. The second kappa shape index (κ2) is 5.60. The molecule has 0 heterocycles. The molecule has 0 spiro atoms. The molecule has 110 valence electrons. The molecule has 0 amide bonds. The Morgan fingerprint density at radius 1 is 1.16 bits per heavy atom. The summed E-state index contributed by atoms with van der Waals surface area (Å²) >= 11 is 0. The Morgan fingerprint density at radius 3 is 2.58 bits per heavy atom. The van der Waals surface area contributed by atoms with Crippen molar-refractivity contribution in [3.8, 4) is 0 Å². The minimum absolute atomic E-state index is 0.345. The second-order valence-electron chi connectivity index (χ2n) is 7.79. The van der Waals surface area contributed by atoms with Crippen LogP contribution in [0.1, 0.15) is 79.1 Å². The quantitative estimate of drug-likeness (QED) is 0.554. The molecule has 1 N–H and O–H groups in total. The van der Waals surface area contributed by atoms with Gasteiger partial charge < -0.3 is 5.11 Å². The Balaban J connectivity index is 2.24. The molecule has 0 radical (unpaired) electrons. The third-order valence-electron chi connectivity index (χ3n) is 6.08. The topological polar surface area (TPSA) is 20.2 Å². The van der Waals surface area contributed by atoms with Gasteiger partial charge in [0.25, 0.3) is 0 Å². The first-order valence-electron chi connectivity index (χ1n) is 8.22. The van der Waals surface area contributed by atoms with Gasteiger partial charge in [0, 0.05) is 6.61 Å². The van der Waals surface area contributed by atoms with E-state index in [4.69, 9.17) is 5.11 Å². The number of aliphatic hydroxyl groups excluding tert-OH is 1. The molecular formula is C18H32O. The molecule has 0 aliphatic heterocycles. The standard InChI is InChI=1S/C18H32O/c1-14-9-10-16-17(2,3)11-7-12-18(16,4)15(14)8-5-6-13-19/h16,19H,5-13H2,1-4H3/t16?,18-/m1/s1. The highest BCUT2D eigenvalue weighted by Gasteiger charge is 2.49. The van der Waals surface area contributed by atoms with Gasteiger partial charge in [0.15, 0.2) is 0 Å². The van der Waals surface area contributed by atoms with E-state index in [9.17, 15) is 0 Å².